The van der Waals surface area contributed by atoms with Gasteiger partial charge < -0.3 is 24.9 Å². The summed E-state index contributed by atoms with van der Waals surface area (Å²) < 4.78 is 10.5. The highest BCUT2D eigenvalue weighted by Crippen LogP contribution is 2.68. The first-order chi connectivity index (χ1) is 19.8. The predicted octanol–water partition coefficient (Wildman–Crippen LogP) is 3.27. The van der Waals surface area contributed by atoms with Crippen molar-refractivity contribution in [3.63, 3.8) is 0 Å². The van der Waals surface area contributed by atoms with E-state index in [1.165, 1.54) is 18.4 Å². The minimum absolute atomic E-state index is 0.00396. The summed E-state index contributed by atoms with van der Waals surface area (Å²) in [7, 11) is 3.04. The van der Waals surface area contributed by atoms with Gasteiger partial charge in [-0.15, -0.1) is 11.8 Å². The lowest BCUT2D eigenvalue weighted by Gasteiger charge is -2.43. The number of phenolic OH excluding ortho intramolecular Hbond substituents is 1. The number of hydrogen-bond acceptors (Lipinski definition) is 9. The molecule has 1 saturated heterocycles. The molecule has 0 radical (unpaired) electrons. The van der Waals surface area contributed by atoms with E-state index in [0.29, 0.717) is 17.2 Å². The molecule has 212 valence electrons. The molecule has 2 aliphatic carbocycles. The number of phenols is 1. The molecule has 2 aromatic carbocycles. The number of fused-ring (bicyclic) bond motifs is 9. The Morgan fingerprint density at radius 1 is 1.05 bits per heavy atom. The third-order valence-corrected chi connectivity index (χ3v) is 11.6. The van der Waals surface area contributed by atoms with E-state index >= 15 is 0 Å². The number of thioether (sulfide) groups is 1. The molecule has 7 atom stereocenters. The van der Waals surface area contributed by atoms with Crippen LogP contribution in [0.15, 0.2) is 52.3 Å². The van der Waals surface area contributed by atoms with Crippen LogP contribution in [0.4, 0.5) is 5.69 Å². The number of anilines is 1. The minimum atomic E-state index is -0.498. The lowest BCUT2D eigenvalue weighted by atomic mass is 9.68. The number of ether oxygens (including phenoxy) is 2. The molecule has 0 spiro atoms. The van der Waals surface area contributed by atoms with Crippen LogP contribution in [0.5, 0.6) is 17.2 Å². The van der Waals surface area contributed by atoms with Gasteiger partial charge in [0.15, 0.2) is 11.5 Å². The summed E-state index contributed by atoms with van der Waals surface area (Å²) in [4.78, 5) is 57.6. The summed E-state index contributed by atoms with van der Waals surface area (Å²) in [6, 6.07) is 12.0. The molecule has 2 saturated carbocycles. The number of aromatic amines is 1. The van der Waals surface area contributed by atoms with Gasteiger partial charge in [-0.05, 0) is 66.1 Å². The van der Waals surface area contributed by atoms with Crippen molar-refractivity contribution in [2.75, 3.05) is 26.1 Å². The molecule has 3 heterocycles. The Labute approximate surface area is 243 Å². The first kappa shape index (κ1) is 26.1. The van der Waals surface area contributed by atoms with Gasteiger partial charge in [-0.2, -0.15) is 0 Å². The fourth-order valence-corrected chi connectivity index (χ4v) is 10.4. The van der Waals surface area contributed by atoms with Crippen LogP contribution in [0.2, 0.25) is 0 Å². The quantitative estimate of drug-likeness (QED) is 0.371. The maximum atomic E-state index is 13.8. The molecule has 3 aromatic rings. The Bertz CT molecular complexity index is 1630. The highest BCUT2D eigenvalue weighted by atomic mass is 32.2. The van der Waals surface area contributed by atoms with Gasteiger partial charge in [0.2, 0.25) is 17.7 Å². The first-order valence-corrected chi connectivity index (χ1v) is 15.0. The topological polar surface area (TPSA) is 138 Å². The van der Waals surface area contributed by atoms with Crippen LogP contribution >= 0.6 is 23.1 Å². The molecule has 2 aliphatic heterocycles. The average Bonchev–Trinajstić information content (AvgIpc) is 3.70. The minimum Gasteiger partial charge on any atom is -0.504 e. The van der Waals surface area contributed by atoms with E-state index in [-0.39, 0.29) is 57.9 Å². The second-order valence-electron chi connectivity index (χ2n) is 10.9. The molecule has 12 heteroatoms. The van der Waals surface area contributed by atoms with E-state index in [9.17, 15) is 24.3 Å². The molecule has 7 unspecified atom stereocenters. The van der Waals surface area contributed by atoms with E-state index < -0.39 is 17.7 Å². The van der Waals surface area contributed by atoms with Gasteiger partial charge in [-0.1, -0.05) is 17.4 Å². The van der Waals surface area contributed by atoms with Gasteiger partial charge in [0.25, 0.3) is 0 Å². The van der Waals surface area contributed by atoms with Crippen LogP contribution in [0, 0.1) is 29.6 Å². The van der Waals surface area contributed by atoms with Gasteiger partial charge in [0.05, 0.1) is 31.1 Å². The number of hydrogen-bond donors (Lipinski definition) is 3. The number of nitrogens with zero attached hydrogens (tertiary/aromatic N) is 1. The fraction of sp³-hybridized carbons (Fsp3) is 0.379. The van der Waals surface area contributed by atoms with Crippen LogP contribution < -0.4 is 19.7 Å². The molecular formula is C29H27N3O7S2. The standard InChI is InChI=1S/C29H27N3O7S2/c1-38-14-6-4-13(5-7-14)30-19(34)11-32-27(35)22-15-10-16(23(22)28(32)36)24-21(15)20(25-26(40-24)31-29(37)41-25)12-3-8-17(33)18(9-12)39-2/h3-9,15-16,20-24,33H,10-11H2,1-2H3,(H,30,34)(H,31,37). The number of amides is 3. The number of benzene rings is 2. The molecule has 3 fully saturated rings. The monoisotopic (exact) mass is 593 g/mol. The van der Waals surface area contributed by atoms with E-state index in [2.05, 4.69) is 10.3 Å². The largest absolute Gasteiger partial charge is 0.504 e. The number of aromatic hydroxyl groups is 1. The van der Waals surface area contributed by atoms with Crippen LogP contribution in [-0.2, 0) is 14.4 Å². The smallest absolute Gasteiger partial charge is 0.305 e. The van der Waals surface area contributed by atoms with Gasteiger partial charge in [0, 0.05) is 21.7 Å². The van der Waals surface area contributed by atoms with Crippen molar-refractivity contribution in [2.24, 2.45) is 29.6 Å². The molecular weight excluding hydrogens is 566 g/mol. The molecule has 3 N–H and O–H groups in total. The summed E-state index contributed by atoms with van der Waals surface area (Å²) in [5.74, 6) is -1.31. The third-order valence-electron chi connectivity index (χ3n) is 9.05. The summed E-state index contributed by atoms with van der Waals surface area (Å²) in [5, 5.41) is 13.8. The molecule has 3 amide bonds. The zero-order chi connectivity index (χ0) is 28.6. The maximum Gasteiger partial charge on any atom is 0.305 e. The van der Waals surface area contributed by atoms with E-state index in [0.717, 1.165) is 26.8 Å². The number of methoxy groups -OCH3 is 2. The van der Waals surface area contributed by atoms with Crippen LogP contribution in [-0.4, -0.2) is 58.7 Å². The number of rotatable bonds is 6. The second kappa shape index (κ2) is 9.66. The summed E-state index contributed by atoms with van der Waals surface area (Å²) in [5.41, 5.74) is 1.44. The Kier molecular flexibility index (Phi) is 6.16. The number of thiazole rings is 1. The summed E-state index contributed by atoms with van der Waals surface area (Å²) >= 11 is 2.77. The lowest BCUT2D eigenvalue weighted by molar-refractivity contribution is -0.143. The number of nitrogens with one attached hydrogen (secondary N) is 2. The zero-order valence-electron chi connectivity index (χ0n) is 22.2. The summed E-state index contributed by atoms with van der Waals surface area (Å²) in [6.07, 6.45) is 0.742. The van der Waals surface area contributed by atoms with Crippen molar-refractivity contribution in [2.45, 2.75) is 22.6 Å². The predicted molar refractivity (Wildman–Crippen MR) is 151 cm³/mol. The number of aromatic nitrogens is 1. The van der Waals surface area contributed by atoms with E-state index in [1.807, 2.05) is 6.07 Å². The molecule has 4 aliphatic rings. The molecule has 2 bridgehead atoms. The highest BCUT2D eigenvalue weighted by molar-refractivity contribution is 8.00. The molecule has 41 heavy (non-hydrogen) atoms. The van der Waals surface area contributed by atoms with Crippen LogP contribution in [0.1, 0.15) is 22.8 Å². The SMILES string of the molecule is COc1ccc(NC(=O)CN2C(=O)C3C4CC(C3C2=O)C2C(c3ccc(O)c(OC)c3)c3sc(=O)[nH]c3SC42)cc1. The van der Waals surface area contributed by atoms with Crippen molar-refractivity contribution < 1.29 is 29.0 Å². The third kappa shape index (κ3) is 3.98. The first-order valence-electron chi connectivity index (χ1n) is 13.3. The van der Waals surface area contributed by atoms with Crippen molar-refractivity contribution in [3.8, 4) is 17.2 Å². The Hall–Kier alpha value is -3.77. The zero-order valence-corrected chi connectivity index (χ0v) is 23.8. The molecule has 7 rings (SSSR count). The molecule has 10 nitrogen and oxygen atoms in total. The number of likely N-dealkylation sites (tertiary alicyclic amines) is 1. The van der Waals surface area contributed by atoms with E-state index in [4.69, 9.17) is 9.47 Å². The second-order valence-corrected chi connectivity index (χ2v) is 13.1. The van der Waals surface area contributed by atoms with Crippen LogP contribution in [0.3, 0.4) is 0 Å². The summed E-state index contributed by atoms with van der Waals surface area (Å²) in [6.45, 7) is -0.335. The fourth-order valence-electron chi connectivity index (χ4n) is 7.51. The van der Waals surface area contributed by atoms with Gasteiger partial charge in [-0.3, -0.25) is 24.1 Å². The lowest BCUT2D eigenvalue weighted by Crippen LogP contribution is -2.42. The van der Waals surface area contributed by atoms with Gasteiger partial charge >= 0.3 is 4.87 Å². The Balaban J connectivity index is 1.18. The van der Waals surface area contributed by atoms with Crippen molar-refractivity contribution in [1.82, 2.24) is 9.88 Å². The van der Waals surface area contributed by atoms with Crippen molar-refractivity contribution >= 4 is 46.5 Å². The van der Waals surface area contributed by atoms with E-state index in [1.54, 1.807) is 55.3 Å². The number of carbonyl (C=O) groups excluding carboxylic acids is 3. The van der Waals surface area contributed by atoms with Crippen LogP contribution in [0.25, 0.3) is 0 Å². The van der Waals surface area contributed by atoms with Crippen molar-refractivity contribution in [1.29, 1.82) is 0 Å². The van der Waals surface area contributed by atoms with Crippen molar-refractivity contribution in [3.05, 3.63) is 62.6 Å². The maximum absolute atomic E-state index is 13.8. The number of carbonyl (C=O) groups is 3. The number of H-pyrrole nitrogens is 1. The Morgan fingerprint density at radius 2 is 1.78 bits per heavy atom. The number of imide groups is 1. The highest BCUT2D eigenvalue weighted by Gasteiger charge is 2.69. The molecule has 1 aromatic heterocycles. The average molecular weight is 594 g/mol. The normalized spacial score (nSPS) is 29.2. The Morgan fingerprint density at radius 3 is 2.49 bits per heavy atom. The van der Waals surface area contributed by atoms with Gasteiger partial charge in [-0.25, -0.2) is 0 Å². The van der Waals surface area contributed by atoms with Gasteiger partial charge in [0.1, 0.15) is 12.3 Å².